The third-order valence-electron chi connectivity index (χ3n) is 5.87. The average molecular weight is 406 g/mol. The Morgan fingerprint density at radius 3 is 2.53 bits per heavy atom. The lowest BCUT2D eigenvalue weighted by atomic mass is 9.93. The Morgan fingerprint density at radius 2 is 1.83 bits per heavy atom. The average Bonchev–Trinajstić information content (AvgIpc) is 3.50. The summed E-state index contributed by atoms with van der Waals surface area (Å²) >= 11 is 0. The number of carbonyl (C=O) groups excluding carboxylic acids is 1. The molecule has 2 fully saturated rings. The van der Waals surface area contributed by atoms with E-state index in [2.05, 4.69) is 51.8 Å². The number of imidazole rings is 1. The predicted octanol–water partition coefficient (Wildman–Crippen LogP) is 2.66. The minimum Gasteiger partial charge on any atom is -0.353 e. The highest BCUT2D eigenvalue weighted by atomic mass is 16.2. The van der Waals surface area contributed by atoms with Crippen LogP contribution in [0.1, 0.15) is 61.4 Å². The van der Waals surface area contributed by atoms with Gasteiger partial charge in [0.2, 0.25) is 0 Å². The molecule has 1 amide bonds. The van der Waals surface area contributed by atoms with Crippen molar-refractivity contribution in [2.24, 2.45) is 0 Å². The van der Waals surface area contributed by atoms with Crippen LogP contribution in [0.25, 0.3) is 5.65 Å². The molecule has 0 radical (unpaired) electrons. The molecule has 0 spiro atoms. The van der Waals surface area contributed by atoms with E-state index < -0.39 is 0 Å². The maximum Gasteiger partial charge on any atom is 0.274 e. The molecule has 0 bridgehead atoms. The van der Waals surface area contributed by atoms with Gasteiger partial charge in [-0.3, -0.25) is 4.79 Å². The molecule has 0 N–H and O–H groups in total. The van der Waals surface area contributed by atoms with Gasteiger partial charge in [-0.05, 0) is 25.0 Å². The summed E-state index contributed by atoms with van der Waals surface area (Å²) in [6.07, 6.45) is 6.03. The van der Waals surface area contributed by atoms with Crippen molar-refractivity contribution < 1.29 is 4.79 Å². The van der Waals surface area contributed by atoms with Gasteiger partial charge >= 0.3 is 0 Å². The van der Waals surface area contributed by atoms with Gasteiger partial charge < -0.3 is 9.80 Å². The normalized spacial score (nSPS) is 17.6. The second-order valence-corrected chi connectivity index (χ2v) is 9.25. The molecule has 1 aliphatic carbocycles. The molecule has 2 aliphatic rings. The zero-order valence-corrected chi connectivity index (χ0v) is 17.7. The minimum absolute atomic E-state index is 0.0380. The summed E-state index contributed by atoms with van der Waals surface area (Å²) in [5.41, 5.74) is 3.26. The molecular weight excluding hydrogens is 378 g/mol. The number of hydrogen-bond donors (Lipinski definition) is 0. The van der Waals surface area contributed by atoms with Crippen LogP contribution in [0.5, 0.6) is 0 Å². The van der Waals surface area contributed by atoms with Crippen molar-refractivity contribution in [3.05, 3.63) is 47.8 Å². The number of aromatic nitrogens is 5. The number of rotatable bonds is 3. The number of amides is 1. The van der Waals surface area contributed by atoms with Crippen LogP contribution in [0.2, 0.25) is 0 Å². The molecule has 3 aromatic rings. The fourth-order valence-electron chi connectivity index (χ4n) is 3.79. The van der Waals surface area contributed by atoms with E-state index in [4.69, 9.17) is 0 Å². The number of piperazine rings is 1. The van der Waals surface area contributed by atoms with E-state index in [-0.39, 0.29) is 11.3 Å². The van der Waals surface area contributed by atoms with E-state index in [0.717, 1.165) is 35.9 Å². The molecule has 1 saturated heterocycles. The van der Waals surface area contributed by atoms with Crippen LogP contribution in [0.3, 0.4) is 0 Å². The van der Waals surface area contributed by atoms with Gasteiger partial charge in [-0.2, -0.15) is 5.10 Å². The van der Waals surface area contributed by atoms with Crippen molar-refractivity contribution in [3.8, 4) is 0 Å². The number of nitrogens with zero attached hydrogens (tertiary/aromatic N) is 7. The molecule has 8 nitrogen and oxygen atoms in total. The molecule has 0 aromatic carbocycles. The third kappa shape index (κ3) is 3.62. The molecule has 4 heterocycles. The number of hydrogen-bond acceptors (Lipinski definition) is 6. The molecule has 156 valence electrons. The first kappa shape index (κ1) is 19.0. The fraction of sp³-hybridized carbons (Fsp3) is 0.500. The van der Waals surface area contributed by atoms with Crippen molar-refractivity contribution in [2.45, 2.75) is 44.9 Å². The first-order valence-electron chi connectivity index (χ1n) is 10.6. The lowest BCUT2D eigenvalue weighted by Crippen LogP contribution is -2.49. The van der Waals surface area contributed by atoms with E-state index in [1.54, 1.807) is 16.9 Å². The van der Waals surface area contributed by atoms with Crippen molar-refractivity contribution in [3.63, 3.8) is 0 Å². The third-order valence-corrected chi connectivity index (χ3v) is 5.87. The second-order valence-electron chi connectivity index (χ2n) is 9.25. The Labute approximate surface area is 176 Å². The van der Waals surface area contributed by atoms with Crippen LogP contribution in [-0.4, -0.2) is 61.6 Å². The van der Waals surface area contributed by atoms with E-state index in [1.165, 1.54) is 12.8 Å². The maximum absolute atomic E-state index is 13.0. The smallest absolute Gasteiger partial charge is 0.274 e. The molecule has 1 saturated carbocycles. The van der Waals surface area contributed by atoms with Gasteiger partial charge in [0.1, 0.15) is 17.8 Å². The second kappa shape index (κ2) is 7.04. The predicted molar refractivity (Wildman–Crippen MR) is 114 cm³/mol. The molecule has 30 heavy (non-hydrogen) atoms. The fourth-order valence-corrected chi connectivity index (χ4v) is 3.79. The quantitative estimate of drug-likeness (QED) is 0.667. The first-order chi connectivity index (χ1) is 14.4. The molecular formula is C22H27N7O. The number of carbonyl (C=O) groups is 1. The first-order valence-corrected chi connectivity index (χ1v) is 10.6. The Bertz CT molecular complexity index is 1090. The monoisotopic (exact) mass is 405 g/mol. The Hall–Kier alpha value is -3.03. The Morgan fingerprint density at radius 1 is 1.07 bits per heavy atom. The summed E-state index contributed by atoms with van der Waals surface area (Å²) in [5, 5.41) is 4.53. The number of fused-ring (bicyclic) bond motifs is 1. The van der Waals surface area contributed by atoms with Crippen molar-refractivity contribution in [2.75, 3.05) is 31.1 Å². The molecule has 1 aliphatic heterocycles. The molecule has 3 aromatic heterocycles. The van der Waals surface area contributed by atoms with Crippen LogP contribution >= 0.6 is 0 Å². The van der Waals surface area contributed by atoms with Crippen LogP contribution in [-0.2, 0) is 5.41 Å². The summed E-state index contributed by atoms with van der Waals surface area (Å²) < 4.78 is 1.71. The van der Waals surface area contributed by atoms with Crippen molar-refractivity contribution in [1.82, 2.24) is 29.5 Å². The SMILES string of the molecule is CC(C)(C)c1cn2nc(C(=O)N3CCN(c4cc(C5CC5)ncn4)CC3)ccc2n1. The topological polar surface area (TPSA) is 79.5 Å². The largest absolute Gasteiger partial charge is 0.353 e. The Kier molecular flexibility index (Phi) is 4.45. The number of anilines is 1. The van der Waals surface area contributed by atoms with Crippen LogP contribution in [0.4, 0.5) is 5.82 Å². The van der Waals surface area contributed by atoms with Crippen LogP contribution in [0, 0.1) is 0 Å². The van der Waals surface area contributed by atoms with Gasteiger partial charge in [0, 0.05) is 49.3 Å². The lowest BCUT2D eigenvalue weighted by Gasteiger charge is -2.35. The lowest BCUT2D eigenvalue weighted by molar-refractivity contribution is 0.0739. The standard InChI is InChI=1S/C22H27N7O/c1-22(2,3)18-13-29-19(25-18)7-6-16(26-29)21(30)28-10-8-27(9-11-28)20-12-17(15-4-5-15)23-14-24-20/h6-7,12-15H,4-5,8-11H2,1-3H3. The Balaban J connectivity index is 1.28. The van der Waals surface area contributed by atoms with Gasteiger partial charge in [0.15, 0.2) is 5.65 Å². The van der Waals surface area contributed by atoms with Gasteiger partial charge in [-0.1, -0.05) is 20.8 Å². The minimum atomic E-state index is -0.0609. The molecule has 0 unspecified atom stereocenters. The summed E-state index contributed by atoms with van der Waals surface area (Å²) in [7, 11) is 0. The van der Waals surface area contributed by atoms with E-state index in [0.29, 0.717) is 24.7 Å². The van der Waals surface area contributed by atoms with Crippen LogP contribution in [0.15, 0.2) is 30.7 Å². The summed E-state index contributed by atoms with van der Waals surface area (Å²) in [4.78, 5) is 30.6. The summed E-state index contributed by atoms with van der Waals surface area (Å²) in [6, 6.07) is 5.75. The van der Waals surface area contributed by atoms with Gasteiger partial charge in [-0.25, -0.2) is 19.5 Å². The highest BCUT2D eigenvalue weighted by molar-refractivity contribution is 5.92. The summed E-state index contributed by atoms with van der Waals surface area (Å²) in [6.45, 7) is 9.17. The van der Waals surface area contributed by atoms with Gasteiger partial charge in [0.25, 0.3) is 5.91 Å². The highest BCUT2D eigenvalue weighted by Crippen LogP contribution is 2.39. The highest BCUT2D eigenvalue weighted by Gasteiger charge is 2.28. The van der Waals surface area contributed by atoms with Crippen molar-refractivity contribution in [1.29, 1.82) is 0 Å². The van der Waals surface area contributed by atoms with Gasteiger partial charge in [-0.15, -0.1) is 0 Å². The molecule has 0 atom stereocenters. The zero-order valence-electron chi connectivity index (χ0n) is 17.7. The maximum atomic E-state index is 13.0. The molecule has 5 rings (SSSR count). The van der Waals surface area contributed by atoms with E-state index >= 15 is 0 Å². The van der Waals surface area contributed by atoms with Crippen molar-refractivity contribution >= 4 is 17.4 Å². The van der Waals surface area contributed by atoms with E-state index in [9.17, 15) is 4.79 Å². The summed E-state index contributed by atoms with van der Waals surface area (Å²) in [5.74, 6) is 1.54. The molecule has 8 heteroatoms. The van der Waals surface area contributed by atoms with E-state index in [1.807, 2.05) is 17.2 Å². The van der Waals surface area contributed by atoms with Gasteiger partial charge in [0.05, 0.1) is 11.9 Å². The zero-order chi connectivity index (χ0) is 20.9. The van der Waals surface area contributed by atoms with Crippen LogP contribution < -0.4 is 4.90 Å².